The number of rotatable bonds is 1. The second-order valence-electron chi connectivity index (χ2n) is 6.97. The number of pyridine rings is 1. The van der Waals surface area contributed by atoms with Gasteiger partial charge in [0.15, 0.2) is 5.82 Å². The second-order valence-corrected chi connectivity index (χ2v) is 6.97. The van der Waals surface area contributed by atoms with Gasteiger partial charge < -0.3 is 19.3 Å². The predicted octanol–water partition coefficient (Wildman–Crippen LogP) is 2.73. The Labute approximate surface area is 150 Å². The summed E-state index contributed by atoms with van der Waals surface area (Å²) in [4.78, 5) is 19.0. The Kier molecular flexibility index (Phi) is 3.19. The molecule has 26 heavy (non-hydrogen) atoms. The van der Waals surface area contributed by atoms with Crippen molar-refractivity contribution >= 4 is 11.6 Å². The molecule has 5 rings (SSSR count). The van der Waals surface area contributed by atoms with Crippen molar-refractivity contribution in [1.82, 2.24) is 19.6 Å². The maximum absolute atomic E-state index is 12.6. The van der Waals surface area contributed by atoms with E-state index in [1.807, 2.05) is 24.1 Å². The molecule has 1 fully saturated rings. The molecule has 7 nitrogen and oxygen atoms in total. The Hall–Kier alpha value is -3.09. The average molecular weight is 349 g/mol. The first-order valence-corrected chi connectivity index (χ1v) is 8.80. The zero-order valence-electron chi connectivity index (χ0n) is 14.5. The highest BCUT2D eigenvalue weighted by molar-refractivity contribution is 5.91. The van der Waals surface area contributed by atoms with Crippen LogP contribution in [0.15, 0.2) is 47.2 Å². The van der Waals surface area contributed by atoms with Gasteiger partial charge in [-0.2, -0.15) is 0 Å². The van der Waals surface area contributed by atoms with Gasteiger partial charge in [0.1, 0.15) is 0 Å². The van der Waals surface area contributed by atoms with Gasteiger partial charge in [0.25, 0.3) is 5.91 Å². The molecule has 132 valence electrons. The fourth-order valence-corrected chi connectivity index (χ4v) is 4.06. The molecule has 0 aliphatic carbocycles. The summed E-state index contributed by atoms with van der Waals surface area (Å²) in [6.45, 7) is 3.13. The van der Waals surface area contributed by atoms with Gasteiger partial charge in [-0.15, -0.1) is 0 Å². The van der Waals surface area contributed by atoms with Gasteiger partial charge in [-0.3, -0.25) is 4.79 Å². The molecule has 0 unspecified atom stereocenters. The van der Waals surface area contributed by atoms with Crippen molar-refractivity contribution in [2.24, 2.45) is 0 Å². The van der Waals surface area contributed by atoms with Gasteiger partial charge in [-0.05, 0) is 44.0 Å². The molecule has 1 amide bonds. The molecule has 1 saturated heterocycles. The number of carbonyl (C=O) groups excluding carboxylic acids is 1. The van der Waals surface area contributed by atoms with Crippen LogP contribution in [0.2, 0.25) is 0 Å². The quantitative estimate of drug-likeness (QED) is 0.731. The second kappa shape index (κ2) is 5.45. The Morgan fingerprint density at radius 3 is 2.88 bits per heavy atom. The number of amides is 1. The molecular formula is C19H19N5O2. The van der Waals surface area contributed by atoms with Crippen LogP contribution >= 0.6 is 0 Å². The lowest BCUT2D eigenvalue weighted by Gasteiger charge is -2.45. The van der Waals surface area contributed by atoms with Crippen molar-refractivity contribution in [2.45, 2.75) is 25.3 Å². The first-order valence-electron chi connectivity index (χ1n) is 8.80. The maximum Gasteiger partial charge on any atom is 0.292 e. The van der Waals surface area contributed by atoms with Gasteiger partial charge >= 0.3 is 0 Å². The molecule has 1 spiro atoms. The molecule has 0 bridgehead atoms. The molecule has 2 aliphatic heterocycles. The van der Waals surface area contributed by atoms with E-state index >= 15 is 0 Å². The van der Waals surface area contributed by atoms with Crippen molar-refractivity contribution < 1.29 is 9.32 Å². The molecule has 0 aromatic carbocycles. The lowest BCUT2D eigenvalue weighted by molar-refractivity contribution is 0.0634. The molecule has 5 heterocycles. The monoisotopic (exact) mass is 349 g/mol. The van der Waals surface area contributed by atoms with Crippen LogP contribution in [0.1, 0.15) is 34.8 Å². The fraction of sp³-hybridized carbons (Fsp3) is 0.316. The van der Waals surface area contributed by atoms with Crippen LogP contribution in [0.25, 0.3) is 5.82 Å². The maximum atomic E-state index is 12.6. The van der Waals surface area contributed by atoms with Gasteiger partial charge in [-0.25, -0.2) is 4.98 Å². The lowest BCUT2D eigenvalue weighted by atomic mass is 9.82. The van der Waals surface area contributed by atoms with Crippen molar-refractivity contribution in [3.05, 3.63) is 59.9 Å². The van der Waals surface area contributed by atoms with E-state index in [1.54, 1.807) is 6.07 Å². The molecule has 3 aromatic heterocycles. The summed E-state index contributed by atoms with van der Waals surface area (Å²) in [7, 11) is 0. The van der Waals surface area contributed by atoms with Crippen molar-refractivity contribution in [3.8, 4) is 5.82 Å². The first kappa shape index (κ1) is 15.2. The molecule has 0 atom stereocenters. The summed E-state index contributed by atoms with van der Waals surface area (Å²) in [5, 5.41) is 7.52. The number of carbonyl (C=O) groups is 1. The number of nitrogens with zero attached hydrogens (tertiary/aromatic N) is 4. The zero-order chi connectivity index (χ0) is 17.7. The fourth-order valence-electron chi connectivity index (χ4n) is 4.06. The van der Waals surface area contributed by atoms with Crippen LogP contribution in [0.4, 0.5) is 5.69 Å². The van der Waals surface area contributed by atoms with Gasteiger partial charge in [0, 0.05) is 37.2 Å². The first-order chi connectivity index (χ1) is 12.7. The zero-order valence-corrected chi connectivity index (χ0v) is 14.5. The van der Waals surface area contributed by atoms with E-state index in [1.165, 1.54) is 5.69 Å². The highest BCUT2D eigenvalue weighted by atomic mass is 16.5. The summed E-state index contributed by atoms with van der Waals surface area (Å²) in [5.41, 5.74) is 2.76. The summed E-state index contributed by atoms with van der Waals surface area (Å²) >= 11 is 0. The summed E-state index contributed by atoms with van der Waals surface area (Å²) in [6, 6.07) is 9.89. The number of likely N-dealkylation sites (tertiary alicyclic amines) is 1. The topological polar surface area (TPSA) is 76.2 Å². The Morgan fingerprint density at radius 2 is 2.12 bits per heavy atom. The normalized spacial score (nSPS) is 17.5. The SMILES string of the molecule is Cc1cc(C(=O)N2CCC3(CC2)Nc2cccnc2-n2cccc23)on1. The predicted molar refractivity (Wildman–Crippen MR) is 95.2 cm³/mol. The lowest BCUT2D eigenvalue weighted by Crippen LogP contribution is -2.51. The smallest absolute Gasteiger partial charge is 0.292 e. The van der Waals surface area contributed by atoms with Crippen LogP contribution in [0.3, 0.4) is 0 Å². The van der Waals surface area contributed by atoms with Crippen LogP contribution in [0, 0.1) is 6.92 Å². The van der Waals surface area contributed by atoms with Gasteiger partial charge in [0.2, 0.25) is 5.76 Å². The van der Waals surface area contributed by atoms with Crippen LogP contribution < -0.4 is 5.32 Å². The van der Waals surface area contributed by atoms with E-state index in [0.29, 0.717) is 18.8 Å². The van der Waals surface area contributed by atoms with Crippen molar-refractivity contribution in [3.63, 3.8) is 0 Å². The molecule has 0 radical (unpaired) electrons. The molecular weight excluding hydrogens is 330 g/mol. The minimum Gasteiger partial charge on any atom is -0.371 e. The Balaban J connectivity index is 1.42. The number of hydrogen-bond acceptors (Lipinski definition) is 5. The summed E-state index contributed by atoms with van der Waals surface area (Å²) in [5.74, 6) is 1.15. The number of nitrogens with one attached hydrogen (secondary N) is 1. The molecule has 2 aliphatic rings. The molecule has 0 saturated carbocycles. The number of aromatic nitrogens is 3. The molecule has 3 aromatic rings. The van der Waals surface area contributed by atoms with E-state index in [9.17, 15) is 4.79 Å². The van der Waals surface area contributed by atoms with E-state index in [0.717, 1.165) is 30.0 Å². The third kappa shape index (κ3) is 2.16. The number of aryl methyl sites for hydroxylation is 1. The minimum atomic E-state index is -0.187. The highest BCUT2D eigenvalue weighted by Crippen LogP contribution is 2.42. The number of anilines is 1. The summed E-state index contributed by atoms with van der Waals surface area (Å²) < 4.78 is 7.29. The van der Waals surface area contributed by atoms with Gasteiger partial charge in [-0.1, -0.05) is 5.16 Å². The third-order valence-electron chi connectivity index (χ3n) is 5.37. The van der Waals surface area contributed by atoms with Crippen LogP contribution in [-0.2, 0) is 5.54 Å². The van der Waals surface area contributed by atoms with Crippen LogP contribution in [0.5, 0.6) is 0 Å². The highest BCUT2D eigenvalue weighted by Gasteiger charge is 2.43. The van der Waals surface area contributed by atoms with E-state index in [-0.39, 0.29) is 11.4 Å². The van der Waals surface area contributed by atoms with E-state index < -0.39 is 0 Å². The molecule has 7 heteroatoms. The van der Waals surface area contributed by atoms with Crippen LogP contribution in [-0.4, -0.2) is 38.6 Å². The Morgan fingerprint density at radius 1 is 1.27 bits per heavy atom. The Bertz CT molecular complexity index is 981. The molecule has 1 N–H and O–H groups in total. The van der Waals surface area contributed by atoms with Crippen molar-refractivity contribution in [1.29, 1.82) is 0 Å². The average Bonchev–Trinajstić information content (AvgIpc) is 3.32. The third-order valence-corrected chi connectivity index (χ3v) is 5.37. The number of piperidine rings is 1. The van der Waals surface area contributed by atoms with Crippen molar-refractivity contribution in [2.75, 3.05) is 18.4 Å². The summed E-state index contributed by atoms with van der Waals surface area (Å²) in [6.07, 6.45) is 5.51. The largest absolute Gasteiger partial charge is 0.371 e. The standard InChI is InChI=1S/C19H19N5O2/c1-13-12-15(26-22-13)18(25)23-10-6-19(7-11-23)16-5-3-9-24(16)17-14(21-19)4-2-8-20-17/h2-5,8-9,12,21H,6-7,10-11H2,1H3. The van der Waals surface area contributed by atoms with Gasteiger partial charge in [0.05, 0.1) is 16.9 Å². The number of fused-ring (bicyclic) bond motifs is 4. The van der Waals surface area contributed by atoms with E-state index in [4.69, 9.17) is 4.52 Å². The minimum absolute atomic E-state index is 0.0892. The van der Waals surface area contributed by atoms with E-state index in [2.05, 4.69) is 44.4 Å². The number of hydrogen-bond donors (Lipinski definition) is 1.